The van der Waals surface area contributed by atoms with Gasteiger partial charge in [-0.15, -0.1) is 0 Å². The lowest BCUT2D eigenvalue weighted by molar-refractivity contribution is 0.356. The third-order valence-corrected chi connectivity index (χ3v) is 3.80. The molecule has 7 nitrogen and oxygen atoms in total. The van der Waals surface area contributed by atoms with Gasteiger partial charge >= 0.3 is 0 Å². The molecule has 1 heterocycles. The van der Waals surface area contributed by atoms with Crippen LogP contribution in [0, 0.1) is 0 Å². The predicted molar refractivity (Wildman–Crippen MR) is 95.5 cm³/mol. The summed E-state index contributed by atoms with van der Waals surface area (Å²) in [5.41, 5.74) is 1.50. The van der Waals surface area contributed by atoms with Crippen LogP contribution in [0.4, 0.5) is 11.5 Å². The minimum Gasteiger partial charge on any atom is -0.497 e. The third-order valence-electron chi connectivity index (χ3n) is 3.80. The van der Waals surface area contributed by atoms with Gasteiger partial charge in [0.2, 0.25) is 0 Å². The molecular weight excluding hydrogens is 322 g/mol. The Kier molecular flexibility index (Phi) is 4.74. The summed E-state index contributed by atoms with van der Waals surface area (Å²) in [5, 5.41) is 4.08. The van der Waals surface area contributed by atoms with E-state index in [9.17, 15) is 0 Å². The minimum absolute atomic E-state index is 0.606. The monoisotopic (exact) mass is 341 g/mol. The van der Waals surface area contributed by atoms with Gasteiger partial charge in [0, 0.05) is 17.5 Å². The first-order valence-corrected chi connectivity index (χ1v) is 7.56. The van der Waals surface area contributed by atoms with E-state index in [1.165, 1.54) is 6.33 Å². The standard InChI is InChI=1S/C18H19N3O4/c1-22-11-5-6-13(15(7-11)23-2)21-18-12-8-16(24-3)17(25-4)9-14(12)19-10-20-18/h5-10H,1-4H3,(H,19,20,21). The summed E-state index contributed by atoms with van der Waals surface area (Å²) in [7, 11) is 6.39. The zero-order valence-electron chi connectivity index (χ0n) is 14.5. The van der Waals surface area contributed by atoms with Gasteiger partial charge in [0.25, 0.3) is 0 Å². The maximum atomic E-state index is 5.42. The van der Waals surface area contributed by atoms with Crippen LogP contribution in [-0.4, -0.2) is 38.4 Å². The lowest BCUT2D eigenvalue weighted by Gasteiger charge is -2.14. The molecule has 0 aliphatic carbocycles. The summed E-state index contributed by atoms with van der Waals surface area (Å²) in [4.78, 5) is 8.65. The molecule has 0 spiro atoms. The van der Waals surface area contributed by atoms with Crippen LogP contribution < -0.4 is 24.3 Å². The second-order valence-corrected chi connectivity index (χ2v) is 5.14. The van der Waals surface area contributed by atoms with Gasteiger partial charge in [-0.2, -0.15) is 0 Å². The molecule has 0 bridgehead atoms. The van der Waals surface area contributed by atoms with Crippen LogP contribution in [0.1, 0.15) is 0 Å². The molecule has 0 aliphatic heterocycles. The van der Waals surface area contributed by atoms with Crippen molar-refractivity contribution in [3.05, 3.63) is 36.7 Å². The number of hydrogen-bond acceptors (Lipinski definition) is 7. The van der Waals surface area contributed by atoms with Crippen LogP contribution >= 0.6 is 0 Å². The van der Waals surface area contributed by atoms with Crippen molar-refractivity contribution in [2.75, 3.05) is 33.8 Å². The number of benzene rings is 2. The highest BCUT2D eigenvalue weighted by molar-refractivity contribution is 5.93. The smallest absolute Gasteiger partial charge is 0.162 e. The van der Waals surface area contributed by atoms with Crippen LogP contribution in [0.3, 0.4) is 0 Å². The van der Waals surface area contributed by atoms with E-state index in [2.05, 4.69) is 15.3 Å². The Hall–Kier alpha value is -3.22. The average Bonchev–Trinajstić information content (AvgIpc) is 2.67. The van der Waals surface area contributed by atoms with Gasteiger partial charge in [-0.1, -0.05) is 0 Å². The van der Waals surface area contributed by atoms with Crippen LogP contribution in [-0.2, 0) is 0 Å². The van der Waals surface area contributed by atoms with E-state index in [0.717, 1.165) is 16.6 Å². The molecule has 0 aliphatic rings. The number of anilines is 2. The molecular formula is C18H19N3O4. The highest BCUT2D eigenvalue weighted by atomic mass is 16.5. The SMILES string of the molecule is COc1ccc(Nc2ncnc3cc(OC)c(OC)cc23)c(OC)c1. The number of ether oxygens (including phenoxy) is 4. The Morgan fingerprint density at radius 1 is 0.760 bits per heavy atom. The molecule has 0 fully saturated rings. The molecule has 0 atom stereocenters. The Balaban J connectivity index is 2.07. The van der Waals surface area contributed by atoms with E-state index in [1.807, 2.05) is 24.3 Å². The molecule has 1 aromatic heterocycles. The summed E-state index contributed by atoms with van der Waals surface area (Å²) in [6, 6.07) is 9.16. The maximum Gasteiger partial charge on any atom is 0.162 e. The van der Waals surface area contributed by atoms with Gasteiger partial charge in [-0.05, 0) is 18.2 Å². The van der Waals surface area contributed by atoms with Crippen LogP contribution in [0.2, 0.25) is 0 Å². The molecule has 0 unspecified atom stereocenters. The Labute approximate surface area is 145 Å². The number of aromatic nitrogens is 2. The molecule has 3 rings (SSSR count). The first kappa shape index (κ1) is 16.6. The van der Waals surface area contributed by atoms with E-state index in [-0.39, 0.29) is 0 Å². The summed E-state index contributed by atoms with van der Waals surface area (Å²) in [5.74, 6) is 3.21. The van der Waals surface area contributed by atoms with Gasteiger partial charge < -0.3 is 24.3 Å². The predicted octanol–water partition coefficient (Wildman–Crippen LogP) is 3.41. The molecule has 0 saturated carbocycles. The van der Waals surface area contributed by atoms with Crippen LogP contribution in [0.5, 0.6) is 23.0 Å². The number of methoxy groups -OCH3 is 4. The number of hydrogen-bond donors (Lipinski definition) is 1. The molecule has 130 valence electrons. The Bertz CT molecular complexity index is 899. The fourth-order valence-electron chi connectivity index (χ4n) is 2.51. The topological polar surface area (TPSA) is 74.7 Å². The molecule has 2 aromatic carbocycles. The van der Waals surface area contributed by atoms with Crippen molar-refractivity contribution in [2.45, 2.75) is 0 Å². The maximum absolute atomic E-state index is 5.42. The quantitative estimate of drug-likeness (QED) is 0.736. The molecule has 7 heteroatoms. The summed E-state index contributed by atoms with van der Waals surface area (Å²) in [6.45, 7) is 0. The zero-order valence-corrected chi connectivity index (χ0v) is 14.5. The molecule has 0 saturated heterocycles. The molecule has 0 radical (unpaired) electrons. The number of fused-ring (bicyclic) bond motifs is 1. The Morgan fingerprint density at radius 3 is 2.16 bits per heavy atom. The highest BCUT2D eigenvalue weighted by Gasteiger charge is 2.13. The largest absolute Gasteiger partial charge is 0.497 e. The van der Waals surface area contributed by atoms with E-state index < -0.39 is 0 Å². The van der Waals surface area contributed by atoms with E-state index in [1.54, 1.807) is 34.5 Å². The van der Waals surface area contributed by atoms with Gasteiger partial charge in [-0.3, -0.25) is 0 Å². The van der Waals surface area contributed by atoms with E-state index in [4.69, 9.17) is 18.9 Å². The first-order valence-electron chi connectivity index (χ1n) is 7.56. The molecule has 25 heavy (non-hydrogen) atoms. The van der Waals surface area contributed by atoms with E-state index >= 15 is 0 Å². The number of rotatable bonds is 6. The minimum atomic E-state index is 0.606. The van der Waals surface area contributed by atoms with Crippen molar-refractivity contribution in [1.82, 2.24) is 9.97 Å². The van der Waals surface area contributed by atoms with Crippen LogP contribution in [0.15, 0.2) is 36.7 Å². The first-order chi connectivity index (χ1) is 12.2. The number of nitrogens with zero attached hydrogens (tertiary/aromatic N) is 2. The fraction of sp³-hybridized carbons (Fsp3) is 0.222. The Morgan fingerprint density at radius 2 is 1.48 bits per heavy atom. The van der Waals surface area contributed by atoms with Gasteiger partial charge in [-0.25, -0.2) is 9.97 Å². The number of nitrogens with one attached hydrogen (secondary N) is 1. The van der Waals surface area contributed by atoms with Gasteiger partial charge in [0.05, 0.1) is 39.6 Å². The van der Waals surface area contributed by atoms with Gasteiger partial charge in [0.1, 0.15) is 23.6 Å². The normalized spacial score (nSPS) is 10.4. The average molecular weight is 341 g/mol. The van der Waals surface area contributed by atoms with Crippen molar-refractivity contribution in [2.24, 2.45) is 0 Å². The van der Waals surface area contributed by atoms with Crippen molar-refractivity contribution in [1.29, 1.82) is 0 Å². The van der Waals surface area contributed by atoms with Crippen molar-refractivity contribution < 1.29 is 18.9 Å². The molecule has 1 N–H and O–H groups in total. The fourth-order valence-corrected chi connectivity index (χ4v) is 2.51. The molecule has 0 amide bonds. The zero-order chi connectivity index (χ0) is 17.8. The van der Waals surface area contributed by atoms with Crippen molar-refractivity contribution in [3.8, 4) is 23.0 Å². The molecule has 3 aromatic rings. The van der Waals surface area contributed by atoms with E-state index in [0.29, 0.717) is 28.8 Å². The lowest BCUT2D eigenvalue weighted by atomic mass is 10.2. The second kappa shape index (κ2) is 7.12. The summed E-state index contributed by atoms with van der Waals surface area (Å²) in [6.07, 6.45) is 1.49. The summed E-state index contributed by atoms with van der Waals surface area (Å²) < 4.78 is 21.3. The third kappa shape index (κ3) is 3.21. The lowest BCUT2D eigenvalue weighted by Crippen LogP contribution is -2.00. The highest BCUT2D eigenvalue weighted by Crippen LogP contribution is 2.36. The van der Waals surface area contributed by atoms with Gasteiger partial charge in [0.15, 0.2) is 11.5 Å². The van der Waals surface area contributed by atoms with Crippen LogP contribution in [0.25, 0.3) is 10.9 Å². The van der Waals surface area contributed by atoms with Crippen molar-refractivity contribution in [3.63, 3.8) is 0 Å². The van der Waals surface area contributed by atoms with Crippen molar-refractivity contribution >= 4 is 22.4 Å². The summed E-state index contributed by atoms with van der Waals surface area (Å²) >= 11 is 0. The second-order valence-electron chi connectivity index (χ2n) is 5.14.